The number of anilines is 1. The van der Waals surface area contributed by atoms with Crippen molar-refractivity contribution in [2.45, 2.75) is 32.6 Å². The van der Waals surface area contributed by atoms with Crippen molar-refractivity contribution in [3.05, 3.63) is 29.8 Å². The van der Waals surface area contributed by atoms with E-state index in [1.54, 1.807) is 0 Å². The summed E-state index contributed by atoms with van der Waals surface area (Å²) in [6, 6.07) is 7.94. The molecule has 1 aliphatic heterocycles. The van der Waals surface area contributed by atoms with Crippen LogP contribution in [0.25, 0.3) is 0 Å². The van der Waals surface area contributed by atoms with Gasteiger partial charge in [-0.2, -0.15) is 0 Å². The largest absolute Gasteiger partial charge is 0.274 e. The average molecular weight is 295 g/mol. The minimum absolute atomic E-state index is 0.0136. The molecule has 6 unspecified atom stereocenters. The van der Waals surface area contributed by atoms with Crippen LogP contribution in [0.2, 0.25) is 0 Å². The Kier molecular flexibility index (Phi) is 2.46. The minimum Gasteiger partial charge on any atom is -0.274 e. The number of hydrogen-bond donors (Lipinski definition) is 0. The zero-order chi connectivity index (χ0) is 15.0. The first-order chi connectivity index (χ1) is 10.7. The van der Waals surface area contributed by atoms with Crippen LogP contribution in [0, 0.1) is 35.5 Å². The number of benzene rings is 1. The molecule has 4 aliphatic carbocycles. The van der Waals surface area contributed by atoms with Crippen molar-refractivity contribution >= 4 is 17.5 Å². The van der Waals surface area contributed by atoms with E-state index in [9.17, 15) is 9.59 Å². The summed E-state index contributed by atoms with van der Waals surface area (Å²) >= 11 is 0. The van der Waals surface area contributed by atoms with Gasteiger partial charge in [-0.05, 0) is 67.1 Å². The highest BCUT2D eigenvalue weighted by atomic mass is 16.2. The highest BCUT2D eigenvalue weighted by molar-refractivity contribution is 6.22. The summed E-state index contributed by atoms with van der Waals surface area (Å²) in [5.74, 6) is 2.61. The number of carbonyl (C=O) groups is 2. The Bertz CT molecular complexity index is 648. The van der Waals surface area contributed by atoms with Crippen LogP contribution in [0.3, 0.4) is 0 Å². The van der Waals surface area contributed by atoms with Gasteiger partial charge in [0.2, 0.25) is 11.8 Å². The molecule has 6 rings (SSSR count). The van der Waals surface area contributed by atoms with E-state index in [-0.39, 0.29) is 23.7 Å². The maximum atomic E-state index is 13.0. The Morgan fingerprint density at radius 2 is 1.64 bits per heavy atom. The number of imide groups is 1. The maximum absolute atomic E-state index is 13.0. The predicted molar refractivity (Wildman–Crippen MR) is 83.1 cm³/mol. The highest BCUT2D eigenvalue weighted by Crippen LogP contribution is 2.68. The second-order valence-electron chi connectivity index (χ2n) is 7.56. The summed E-state index contributed by atoms with van der Waals surface area (Å²) in [5.41, 5.74) is 1.97. The molecule has 4 saturated carbocycles. The van der Waals surface area contributed by atoms with Crippen molar-refractivity contribution in [3.63, 3.8) is 0 Å². The van der Waals surface area contributed by atoms with Gasteiger partial charge in [-0.25, -0.2) is 0 Å². The Balaban J connectivity index is 1.56. The van der Waals surface area contributed by atoms with Crippen LogP contribution in [-0.2, 0) is 16.0 Å². The van der Waals surface area contributed by atoms with E-state index in [2.05, 4.69) is 13.0 Å². The van der Waals surface area contributed by atoms with Crippen molar-refractivity contribution in [1.29, 1.82) is 0 Å². The zero-order valence-electron chi connectivity index (χ0n) is 12.9. The molecule has 0 radical (unpaired) electrons. The smallest absolute Gasteiger partial charge is 0.237 e. The number of rotatable bonds is 2. The molecular formula is C19H21NO2. The summed E-state index contributed by atoms with van der Waals surface area (Å²) in [7, 11) is 0. The van der Waals surface area contributed by atoms with Crippen molar-refractivity contribution in [3.8, 4) is 0 Å². The number of nitrogens with zero attached hydrogens (tertiary/aromatic N) is 1. The van der Waals surface area contributed by atoms with Gasteiger partial charge in [0, 0.05) is 0 Å². The topological polar surface area (TPSA) is 37.4 Å². The van der Waals surface area contributed by atoms with Crippen LogP contribution >= 0.6 is 0 Å². The molecule has 1 heterocycles. The molecule has 1 saturated heterocycles. The molecular weight excluding hydrogens is 274 g/mol. The van der Waals surface area contributed by atoms with E-state index in [1.165, 1.54) is 16.9 Å². The number of carbonyl (C=O) groups excluding carboxylic acids is 2. The van der Waals surface area contributed by atoms with Gasteiger partial charge in [-0.1, -0.05) is 19.1 Å². The number of hydrogen-bond acceptors (Lipinski definition) is 2. The summed E-state index contributed by atoms with van der Waals surface area (Å²) in [4.78, 5) is 27.5. The van der Waals surface area contributed by atoms with Gasteiger partial charge in [0.25, 0.3) is 0 Å². The van der Waals surface area contributed by atoms with Crippen LogP contribution in [-0.4, -0.2) is 11.8 Å². The fraction of sp³-hybridized carbons (Fsp3) is 0.579. The molecule has 0 spiro atoms. The molecule has 0 N–H and O–H groups in total. The molecule has 22 heavy (non-hydrogen) atoms. The summed E-state index contributed by atoms with van der Waals surface area (Å²) in [5, 5.41) is 0. The molecule has 114 valence electrons. The van der Waals surface area contributed by atoms with Crippen molar-refractivity contribution in [1.82, 2.24) is 0 Å². The first kappa shape index (κ1) is 12.9. The molecule has 2 bridgehead atoms. The standard InChI is InChI=1S/C19H21NO2/c1-2-10-4-3-5-11(8-10)20-18(21)16-12-6-7-13(15-9-14(12)15)17(16)19(20)22/h3-5,8,12-17H,2,6-7,9H2,1H3. The molecule has 6 atom stereocenters. The minimum atomic E-state index is -0.0136. The highest BCUT2D eigenvalue weighted by Gasteiger charge is 2.68. The second kappa shape index (κ2) is 4.21. The quantitative estimate of drug-likeness (QED) is 0.786. The molecule has 3 nitrogen and oxygen atoms in total. The summed E-state index contributed by atoms with van der Waals surface area (Å²) in [6.07, 6.45) is 4.52. The van der Waals surface area contributed by atoms with E-state index < -0.39 is 0 Å². The van der Waals surface area contributed by atoms with Crippen LogP contribution in [0.15, 0.2) is 24.3 Å². The Morgan fingerprint density at radius 1 is 1.00 bits per heavy atom. The zero-order valence-corrected chi connectivity index (χ0v) is 12.9. The van der Waals surface area contributed by atoms with Gasteiger partial charge >= 0.3 is 0 Å². The summed E-state index contributed by atoms with van der Waals surface area (Å²) in [6.45, 7) is 2.10. The van der Waals surface area contributed by atoms with E-state index in [4.69, 9.17) is 0 Å². The molecule has 1 aromatic carbocycles. The van der Waals surface area contributed by atoms with E-state index in [0.29, 0.717) is 11.8 Å². The normalized spacial score (nSPS) is 41.6. The maximum Gasteiger partial charge on any atom is 0.237 e. The van der Waals surface area contributed by atoms with E-state index in [1.807, 2.05) is 18.2 Å². The lowest BCUT2D eigenvalue weighted by molar-refractivity contribution is -0.129. The Labute approximate surface area is 130 Å². The van der Waals surface area contributed by atoms with Crippen LogP contribution < -0.4 is 4.90 Å². The van der Waals surface area contributed by atoms with Crippen molar-refractivity contribution in [2.24, 2.45) is 35.5 Å². The van der Waals surface area contributed by atoms with Gasteiger partial charge in [0.1, 0.15) is 0 Å². The van der Waals surface area contributed by atoms with Gasteiger partial charge in [-0.15, -0.1) is 0 Å². The fourth-order valence-corrected chi connectivity index (χ4v) is 5.71. The van der Waals surface area contributed by atoms with Gasteiger partial charge in [0.05, 0.1) is 17.5 Å². The number of aryl methyl sites for hydroxylation is 1. The van der Waals surface area contributed by atoms with E-state index in [0.717, 1.165) is 36.8 Å². The third-order valence-electron chi connectivity index (χ3n) is 6.72. The third-order valence-corrected chi connectivity index (χ3v) is 6.72. The van der Waals surface area contributed by atoms with Crippen LogP contribution in [0.1, 0.15) is 31.7 Å². The van der Waals surface area contributed by atoms with Crippen LogP contribution in [0.5, 0.6) is 0 Å². The molecule has 3 heteroatoms. The molecule has 5 fully saturated rings. The van der Waals surface area contributed by atoms with E-state index >= 15 is 0 Å². The summed E-state index contributed by atoms with van der Waals surface area (Å²) < 4.78 is 0. The molecule has 2 amide bonds. The monoisotopic (exact) mass is 295 g/mol. The first-order valence-electron chi connectivity index (χ1n) is 8.67. The SMILES string of the molecule is CCc1cccc(N2C(=O)C3C4CCC(C5CC54)C3C2=O)c1. The first-order valence-corrected chi connectivity index (χ1v) is 8.67. The molecule has 5 aliphatic rings. The second-order valence-corrected chi connectivity index (χ2v) is 7.56. The third kappa shape index (κ3) is 1.47. The lowest BCUT2D eigenvalue weighted by Gasteiger charge is -2.42. The lowest BCUT2D eigenvalue weighted by atomic mass is 9.59. The van der Waals surface area contributed by atoms with Crippen molar-refractivity contribution in [2.75, 3.05) is 4.90 Å². The van der Waals surface area contributed by atoms with Gasteiger partial charge in [-0.3, -0.25) is 14.5 Å². The number of amides is 2. The van der Waals surface area contributed by atoms with Crippen molar-refractivity contribution < 1.29 is 9.59 Å². The fourth-order valence-electron chi connectivity index (χ4n) is 5.71. The Hall–Kier alpha value is -1.64. The number of fused-ring (bicyclic) bond motifs is 1. The van der Waals surface area contributed by atoms with Gasteiger partial charge < -0.3 is 0 Å². The van der Waals surface area contributed by atoms with Crippen LogP contribution in [0.4, 0.5) is 5.69 Å². The molecule has 0 aromatic heterocycles. The lowest BCUT2D eigenvalue weighted by Crippen LogP contribution is -2.43. The van der Waals surface area contributed by atoms with Gasteiger partial charge in [0.15, 0.2) is 0 Å². The predicted octanol–water partition coefficient (Wildman–Crippen LogP) is 3.03. The Morgan fingerprint density at radius 3 is 2.23 bits per heavy atom. The average Bonchev–Trinajstić information content (AvgIpc) is 3.32. The molecule has 1 aromatic rings.